The maximum absolute atomic E-state index is 2.64. The highest BCUT2D eigenvalue weighted by Gasteiger charge is 2.56. The molecule has 3 aromatic rings. The summed E-state index contributed by atoms with van der Waals surface area (Å²) in [6, 6.07) is 20.7. The molecule has 3 heteroatoms. The van der Waals surface area contributed by atoms with Crippen molar-refractivity contribution >= 4 is 45.9 Å². The number of hydrogen-bond acceptors (Lipinski definition) is 2. The zero-order valence-corrected chi connectivity index (χ0v) is 18.2. The molecule has 0 atom stereocenters. The minimum atomic E-state index is -0.00299. The van der Waals surface area contributed by atoms with Gasteiger partial charge >= 0.3 is 0 Å². The summed E-state index contributed by atoms with van der Waals surface area (Å²) in [5, 5.41) is 0. The van der Waals surface area contributed by atoms with Gasteiger partial charge in [-0.2, -0.15) is 0 Å². The Hall–Kier alpha value is -2.68. The summed E-state index contributed by atoms with van der Waals surface area (Å²) in [7, 11) is 2.22. The number of aryl methyl sites for hydroxylation is 1. The largest absolute Gasteiger partial charge is 0.345 e. The fraction of sp³-hybridized carbons (Fsp3) is 0.308. The van der Waals surface area contributed by atoms with Crippen molar-refractivity contribution in [3.8, 4) is 0 Å². The second kappa shape index (κ2) is 5.08. The Morgan fingerprint density at radius 1 is 0.759 bits per heavy atom. The molecule has 0 unspecified atom stereocenters. The van der Waals surface area contributed by atoms with Gasteiger partial charge in [0.2, 0.25) is 0 Å². The topological polar surface area (TPSA) is 6.48 Å². The molecule has 3 aliphatic heterocycles. The van der Waals surface area contributed by atoms with Gasteiger partial charge in [-0.3, -0.25) is 0 Å². The van der Waals surface area contributed by atoms with E-state index in [9.17, 15) is 0 Å². The Bertz CT molecular complexity index is 1210. The Kier molecular flexibility index (Phi) is 3.01. The van der Waals surface area contributed by atoms with Crippen LogP contribution in [0.1, 0.15) is 38.8 Å². The molecule has 6 rings (SSSR count). The molecule has 144 valence electrons. The third-order valence-electron chi connectivity index (χ3n) is 8.23. The maximum atomic E-state index is 2.64. The standard InChI is InChI=1S/C26H27BN2/c1-16-10-7-12-18-23(16)28(6)20-14-9-15-21-22(20)27(18)19-13-8-11-17-24(19)29(21)26(4,5)25(17,2)3/h7-15H,1-6H3. The summed E-state index contributed by atoms with van der Waals surface area (Å²) in [4.78, 5) is 5.05. The predicted molar refractivity (Wildman–Crippen MR) is 126 cm³/mol. The van der Waals surface area contributed by atoms with Gasteiger partial charge in [-0.25, -0.2) is 0 Å². The second-order valence-electron chi connectivity index (χ2n) is 9.98. The smallest absolute Gasteiger partial charge is 0.252 e. The lowest BCUT2D eigenvalue weighted by Crippen LogP contribution is -2.63. The molecule has 0 saturated carbocycles. The number of hydrogen-bond donors (Lipinski definition) is 0. The highest BCUT2D eigenvalue weighted by atomic mass is 15.3. The third-order valence-corrected chi connectivity index (χ3v) is 8.23. The Balaban J connectivity index is 1.79. The quantitative estimate of drug-likeness (QED) is 0.543. The van der Waals surface area contributed by atoms with Crippen LogP contribution in [0.4, 0.5) is 22.7 Å². The summed E-state index contributed by atoms with van der Waals surface area (Å²) < 4.78 is 0. The van der Waals surface area contributed by atoms with E-state index in [1.54, 1.807) is 0 Å². The molecule has 29 heavy (non-hydrogen) atoms. The molecule has 0 radical (unpaired) electrons. The summed E-state index contributed by atoms with van der Waals surface area (Å²) >= 11 is 0. The van der Waals surface area contributed by atoms with Gasteiger partial charge in [0.1, 0.15) is 0 Å². The molecular weight excluding hydrogens is 351 g/mol. The summed E-state index contributed by atoms with van der Waals surface area (Å²) in [6.45, 7) is 12.2. The van der Waals surface area contributed by atoms with Crippen LogP contribution in [0.25, 0.3) is 0 Å². The van der Waals surface area contributed by atoms with Gasteiger partial charge in [0.05, 0.1) is 0 Å². The van der Waals surface area contributed by atoms with Crippen molar-refractivity contribution in [1.29, 1.82) is 0 Å². The molecule has 2 nitrogen and oxygen atoms in total. The molecule has 0 bridgehead atoms. The fourth-order valence-corrected chi connectivity index (χ4v) is 6.15. The minimum absolute atomic E-state index is 0.00299. The molecular formula is C26H27BN2. The molecule has 3 aliphatic rings. The number of nitrogens with zero attached hydrogens (tertiary/aromatic N) is 2. The van der Waals surface area contributed by atoms with Crippen LogP contribution in [0.15, 0.2) is 54.6 Å². The first-order valence-electron chi connectivity index (χ1n) is 10.7. The Labute approximate surface area is 174 Å². The van der Waals surface area contributed by atoms with Crippen molar-refractivity contribution in [3.63, 3.8) is 0 Å². The highest BCUT2D eigenvalue weighted by Crippen LogP contribution is 2.55. The van der Waals surface area contributed by atoms with Crippen molar-refractivity contribution in [2.45, 2.75) is 45.6 Å². The molecule has 0 saturated heterocycles. The fourth-order valence-electron chi connectivity index (χ4n) is 6.15. The van der Waals surface area contributed by atoms with Gasteiger partial charge in [0, 0.05) is 40.8 Å². The summed E-state index contributed by atoms with van der Waals surface area (Å²) in [5.74, 6) is 0. The second-order valence-corrected chi connectivity index (χ2v) is 9.98. The Morgan fingerprint density at radius 3 is 2.14 bits per heavy atom. The first-order valence-corrected chi connectivity index (χ1v) is 10.7. The number of fused-ring (bicyclic) bond motifs is 4. The lowest BCUT2D eigenvalue weighted by molar-refractivity contribution is 0.330. The van der Waals surface area contributed by atoms with E-state index in [1.165, 1.54) is 50.3 Å². The molecule has 0 fully saturated rings. The van der Waals surface area contributed by atoms with Gasteiger partial charge in [0.15, 0.2) is 0 Å². The van der Waals surface area contributed by atoms with Gasteiger partial charge in [-0.1, -0.05) is 56.3 Å². The van der Waals surface area contributed by atoms with E-state index < -0.39 is 0 Å². The van der Waals surface area contributed by atoms with E-state index in [1.807, 2.05) is 0 Å². The molecule has 0 amide bonds. The molecule has 0 aromatic heterocycles. The van der Waals surface area contributed by atoms with Crippen LogP contribution in [0.2, 0.25) is 0 Å². The van der Waals surface area contributed by atoms with E-state index in [2.05, 4.69) is 106 Å². The van der Waals surface area contributed by atoms with Crippen molar-refractivity contribution < 1.29 is 0 Å². The first-order chi connectivity index (χ1) is 13.8. The average molecular weight is 378 g/mol. The minimum Gasteiger partial charge on any atom is -0.345 e. The van der Waals surface area contributed by atoms with Gasteiger partial charge in [0.25, 0.3) is 6.71 Å². The zero-order valence-electron chi connectivity index (χ0n) is 18.2. The van der Waals surface area contributed by atoms with Gasteiger partial charge in [-0.15, -0.1) is 0 Å². The van der Waals surface area contributed by atoms with E-state index in [0.717, 1.165) is 0 Å². The van der Waals surface area contributed by atoms with E-state index in [4.69, 9.17) is 0 Å². The zero-order chi connectivity index (χ0) is 20.3. The van der Waals surface area contributed by atoms with E-state index >= 15 is 0 Å². The highest BCUT2D eigenvalue weighted by molar-refractivity contribution is 7.00. The van der Waals surface area contributed by atoms with Crippen LogP contribution >= 0.6 is 0 Å². The number of benzene rings is 3. The average Bonchev–Trinajstić information content (AvgIpc) is 2.85. The summed E-state index contributed by atoms with van der Waals surface area (Å²) in [6.07, 6.45) is 0. The molecule has 0 N–H and O–H groups in total. The van der Waals surface area contributed by atoms with E-state index in [-0.39, 0.29) is 11.0 Å². The first kappa shape index (κ1) is 17.2. The van der Waals surface area contributed by atoms with Crippen LogP contribution in [0.3, 0.4) is 0 Å². The monoisotopic (exact) mass is 378 g/mol. The van der Waals surface area contributed by atoms with Crippen molar-refractivity contribution in [2.24, 2.45) is 0 Å². The maximum Gasteiger partial charge on any atom is 0.252 e. The number of para-hydroxylation sites is 2. The van der Waals surface area contributed by atoms with Crippen LogP contribution in [-0.2, 0) is 5.41 Å². The number of rotatable bonds is 0. The lowest BCUT2D eigenvalue weighted by Gasteiger charge is -2.48. The van der Waals surface area contributed by atoms with Crippen LogP contribution in [0.5, 0.6) is 0 Å². The summed E-state index contributed by atoms with van der Waals surface area (Å²) in [5.41, 5.74) is 12.8. The van der Waals surface area contributed by atoms with Crippen molar-refractivity contribution in [3.05, 3.63) is 65.7 Å². The normalized spacial score (nSPS) is 19.0. The van der Waals surface area contributed by atoms with Gasteiger partial charge in [-0.05, 0) is 60.4 Å². The predicted octanol–water partition coefficient (Wildman–Crippen LogP) is 4.11. The molecule has 0 aliphatic carbocycles. The van der Waals surface area contributed by atoms with Crippen molar-refractivity contribution in [2.75, 3.05) is 16.8 Å². The van der Waals surface area contributed by atoms with Crippen LogP contribution in [-0.4, -0.2) is 19.3 Å². The molecule has 0 spiro atoms. The van der Waals surface area contributed by atoms with Crippen molar-refractivity contribution in [1.82, 2.24) is 0 Å². The third kappa shape index (κ3) is 1.77. The number of anilines is 4. The van der Waals surface area contributed by atoms with Gasteiger partial charge < -0.3 is 9.80 Å². The lowest BCUT2D eigenvalue weighted by atomic mass is 9.33. The van der Waals surface area contributed by atoms with E-state index in [0.29, 0.717) is 6.71 Å². The van der Waals surface area contributed by atoms with Crippen LogP contribution < -0.4 is 26.2 Å². The SMILES string of the molecule is Cc1cccc2c1N(C)c1cccc3c1B2c1cccc2c1N3C(C)(C)C2(C)C. The van der Waals surface area contributed by atoms with Crippen LogP contribution in [0, 0.1) is 6.92 Å². The Morgan fingerprint density at radius 2 is 1.38 bits per heavy atom. The molecule has 3 aromatic carbocycles. The molecule has 3 heterocycles.